The normalized spacial score (nSPS) is 14.3. The van der Waals surface area contributed by atoms with Gasteiger partial charge in [-0.15, -0.1) is 0 Å². The standard InChI is InChI=1S/2C27H21F5N4O3.C14H9F3N2O.C13H14F2N2O3/c2*1-26(8-9-26)25(38)34-13-14-10-18(21(22(28)29)33-12-14)23(37)35-17-6-7-20-19(11-17)36-24(39-20)15-2-4-16(5-3-15)27(30,31)32;15-14(16,17)9-3-1-8(2-4-9)13-19-11-7-10(18)5-6-12(11)20-13;1-13(2-3-13)12(20)17-6-7-4-8(11(18)19)9(10(14)15)16-5-7/h2*2-7,10-12,22H,8-9,13H2,1H3,(H,34,38)(H,35,37);1-7H,18H2;4-5,10H,2-3,6H2,1H3,(H,17,20)(H,18,19). The molecule has 6 heterocycles. The first-order valence-electron chi connectivity index (χ1n) is 35.6. The van der Waals surface area contributed by atoms with E-state index in [1.807, 2.05) is 20.8 Å². The minimum atomic E-state index is -4.48. The molecule has 0 bridgehead atoms. The lowest BCUT2D eigenvalue weighted by Crippen LogP contribution is -2.30. The lowest BCUT2D eigenvalue weighted by atomic mass is 10.1. The van der Waals surface area contributed by atoms with Crippen LogP contribution in [0.15, 0.2) is 177 Å². The number of rotatable bonds is 20. The molecule has 3 aliphatic rings. The summed E-state index contributed by atoms with van der Waals surface area (Å²) < 4.78 is 211. The van der Waals surface area contributed by atoms with Crippen LogP contribution in [-0.2, 0) is 52.5 Å². The van der Waals surface area contributed by atoms with E-state index in [9.17, 15) is 94.6 Å². The highest BCUT2D eigenvalue weighted by Gasteiger charge is 2.47. The number of carbonyl (C=O) groups is 6. The molecule has 3 aliphatic carbocycles. The van der Waals surface area contributed by atoms with Crippen LogP contribution < -0.4 is 32.3 Å². The highest BCUT2D eigenvalue weighted by Crippen LogP contribution is 2.47. The summed E-state index contributed by atoms with van der Waals surface area (Å²) in [5.74, 6) is -3.16. The maximum atomic E-state index is 13.6. The van der Waals surface area contributed by atoms with Crippen LogP contribution in [0.5, 0.6) is 0 Å². The molecule has 12 aromatic rings. The van der Waals surface area contributed by atoms with Gasteiger partial charge in [-0.2, -0.15) is 39.5 Å². The molecule has 5 amide bonds. The average molecular weight is 1650 g/mol. The van der Waals surface area contributed by atoms with E-state index in [-0.39, 0.29) is 82.9 Å². The maximum Gasteiger partial charge on any atom is 0.416 e. The Morgan fingerprint density at radius 3 is 0.966 bits per heavy atom. The molecule has 0 saturated heterocycles. The molecule has 118 heavy (non-hydrogen) atoms. The zero-order chi connectivity index (χ0) is 85.1. The Morgan fingerprint density at radius 1 is 0.407 bits per heavy atom. The van der Waals surface area contributed by atoms with Crippen molar-refractivity contribution in [1.29, 1.82) is 0 Å². The first-order valence-corrected chi connectivity index (χ1v) is 35.6. The van der Waals surface area contributed by atoms with E-state index in [1.165, 1.54) is 97.3 Å². The molecule has 6 aromatic carbocycles. The third-order valence-electron chi connectivity index (χ3n) is 19.3. The number of carboxylic acids is 1. The Kier molecular flexibility index (Phi) is 23.9. The number of alkyl halides is 15. The highest BCUT2D eigenvalue weighted by atomic mass is 19.4. The van der Waals surface area contributed by atoms with Gasteiger partial charge in [-0.3, -0.25) is 38.9 Å². The van der Waals surface area contributed by atoms with Gasteiger partial charge in [0.15, 0.2) is 16.7 Å². The number of anilines is 3. The quantitative estimate of drug-likeness (QED) is 0.0275. The van der Waals surface area contributed by atoms with Crippen molar-refractivity contribution >= 4 is 85.9 Å². The number of hydrogen-bond donors (Lipinski definition) is 7. The zero-order valence-corrected chi connectivity index (χ0v) is 61.7. The lowest BCUT2D eigenvalue weighted by molar-refractivity contribution is -0.138. The van der Waals surface area contributed by atoms with Crippen molar-refractivity contribution in [3.05, 3.63) is 231 Å². The van der Waals surface area contributed by atoms with Gasteiger partial charge in [0.2, 0.25) is 35.4 Å². The molecule has 6 aromatic heterocycles. The number of carboxylic acid groups (broad SMARTS) is 1. The third kappa shape index (κ3) is 20.3. The molecule has 0 atom stereocenters. The number of halogens is 15. The summed E-state index contributed by atoms with van der Waals surface area (Å²) in [6.07, 6.45) is -14.0. The molecular weight excluding hydrogens is 1590 g/mol. The molecule has 0 radical (unpaired) electrons. The van der Waals surface area contributed by atoms with Crippen molar-refractivity contribution in [2.45, 2.75) is 117 Å². The number of benzene rings is 6. The summed E-state index contributed by atoms with van der Waals surface area (Å²) in [5, 5.41) is 22.1. The van der Waals surface area contributed by atoms with E-state index in [0.717, 1.165) is 87.2 Å². The summed E-state index contributed by atoms with van der Waals surface area (Å²) in [7, 11) is 0. The van der Waals surface area contributed by atoms with E-state index in [0.29, 0.717) is 72.4 Å². The molecule has 22 nitrogen and oxygen atoms in total. The van der Waals surface area contributed by atoms with Crippen molar-refractivity contribution in [3.63, 3.8) is 0 Å². The van der Waals surface area contributed by atoms with Crippen molar-refractivity contribution in [2.24, 2.45) is 16.2 Å². The van der Waals surface area contributed by atoms with Crippen LogP contribution in [0.25, 0.3) is 67.7 Å². The smallest absolute Gasteiger partial charge is 0.416 e. The summed E-state index contributed by atoms with van der Waals surface area (Å²) >= 11 is 0. The predicted octanol–water partition coefficient (Wildman–Crippen LogP) is 19.3. The predicted molar refractivity (Wildman–Crippen MR) is 396 cm³/mol. The molecule has 614 valence electrons. The summed E-state index contributed by atoms with van der Waals surface area (Å²) in [6.45, 7) is 5.63. The van der Waals surface area contributed by atoms with Gasteiger partial charge in [0, 0.05) is 88.2 Å². The molecule has 3 fully saturated rings. The number of amides is 5. The molecule has 0 aliphatic heterocycles. The van der Waals surface area contributed by atoms with Crippen LogP contribution in [-0.4, -0.2) is 70.5 Å². The Hall–Kier alpha value is -13.3. The Labute approximate surface area is 657 Å². The molecule has 8 N–H and O–H groups in total. The van der Waals surface area contributed by atoms with Gasteiger partial charge < -0.3 is 50.7 Å². The van der Waals surface area contributed by atoms with Crippen molar-refractivity contribution in [2.75, 3.05) is 16.4 Å². The zero-order valence-electron chi connectivity index (χ0n) is 61.7. The van der Waals surface area contributed by atoms with Crippen molar-refractivity contribution < 1.29 is 113 Å². The molecule has 0 unspecified atom stereocenters. The van der Waals surface area contributed by atoms with E-state index in [4.69, 9.17) is 24.1 Å². The largest absolute Gasteiger partial charge is 0.478 e. The Morgan fingerprint density at radius 2 is 0.686 bits per heavy atom. The van der Waals surface area contributed by atoms with Crippen molar-refractivity contribution in [3.8, 4) is 34.4 Å². The van der Waals surface area contributed by atoms with Crippen LogP contribution in [0.4, 0.5) is 82.9 Å². The van der Waals surface area contributed by atoms with E-state index in [1.54, 1.807) is 18.2 Å². The number of hydrogen-bond acceptors (Lipinski definition) is 16. The topological polar surface area (TPSA) is 326 Å². The summed E-state index contributed by atoms with van der Waals surface area (Å²) in [4.78, 5) is 96.7. The summed E-state index contributed by atoms with van der Waals surface area (Å²) in [6, 6.07) is 30.7. The number of nitrogens with zero attached hydrogens (tertiary/aromatic N) is 6. The van der Waals surface area contributed by atoms with Gasteiger partial charge in [-0.25, -0.2) is 46.1 Å². The number of nitrogens with one attached hydrogen (secondary N) is 5. The first-order chi connectivity index (χ1) is 55.6. The van der Waals surface area contributed by atoms with Gasteiger partial charge in [0.25, 0.3) is 31.1 Å². The fourth-order valence-corrected chi connectivity index (χ4v) is 11.5. The number of oxazole rings is 3. The second-order valence-corrected chi connectivity index (χ2v) is 28.5. The number of carbonyl (C=O) groups excluding carboxylic acids is 5. The molecular formula is C81H65F15N12O10. The molecule has 37 heteroatoms. The van der Waals surface area contributed by atoms with Gasteiger partial charge >= 0.3 is 24.5 Å². The SMILES string of the molecule is CC1(C(=O)NCc2cnc(C(F)F)c(C(=O)Nc3ccc4oc(-c5ccc(C(F)(F)F)cc5)nc4c3)c2)CC1.CC1(C(=O)NCc2cnc(C(F)F)c(C(=O)Nc3ccc4oc(-c5ccc(C(F)(F)F)cc5)nc4c3)c2)CC1.CC1(C(=O)NCc2cnc(C(F)F)c(C(=O)O)c2)CC1.Nc1ccc2oc(-c3ccc(C(F)(F)F)cc3)nc2c1. The first kappa shape index (κ1) is 84.2. The minimum absolute atomic E-state index is 0.0306. The molecule has 15 rings (SSSR count). The van der Waals surface area contributed by atoms with Crippen LogP contribution in [0.3, 0.4) is 0 Å². The maximum absolute atomic E-state index is 13.6. The summed E-state index contributed by atoms with van der Waals surface area (Å²) in [5.41, 5.74) is 4.28. The van der Waals surface area contributed by atoms with E-state index in [2.05, 4.69) is 56.5 Å². The third-order valence-corrected chi connectivity index (χ3v) is 19.3. The number of fused-ring (bicyclic) bond motifs is 3. The number of aromatic carboxylic acids is 1. The van der Waals surface area contributed by atoms with E-state index >= 15 is 0 Å². The van der Waals surface area contributed by atoms with E-state index < -0.39 is 106 Å². The fraction of sp³-hybridized carbons (Fsp3) is 0.259. The number of nitrogens with two attached hydrogens (primary N) is 1. The monoisotopic (exact) mass is 1650 g/mol. The van der Waals surface area contributed by atoms with Crippen molar-refractivity contribution in [1.82, 2.24) is 45.9 Å². The number of pyridine rings is 3. The average Bonchev–Trinajstić information content (AvgIpc) is 1.56. The minimum Gasteiger partial charge on any atom is -0.478 e. The van der Waals surface area contributed by atoms with Gasteiger partial charge in [0.05, 0.1) is 33.4 Å². The van der Waals surface area contributed by atoms with Gasteiger partial charge in [-0.05, 0) is 201 Å². The second-order valence-electron chi connectivity index (χ2n) is 28.5. The Bertz CT molecular complexity index is 5550. The van der Waals surface area contributed by atoms with Crippen LogP contribution >= 0.6 is 0 Å². The van der Waals surface area contributed by atoms with Crippen LogP contribution in [0, 0.1) is 16.2 Å². The number of aromatic nitrogens is 6. The van der Waals surface area contributed by atoms with Gasteiger partial charge in [0.1, 0.15) is 33.6 Å². The fourth-order valence-electron chi connectivity index (χ4n) is 11.5. The molecule has 0 spiro atoms. The van der Waals surface area contributed by atoms with Crippen LogP contribution in [0.1, 0.15) is 160 Å². The number of nitrogen functional groups attached to an aromatic ring is 1. The van der Waals surface area contributed by atoms with Crippen LogP contribution in [0.2, 0.25) is 0 Å². The highest BCUT2D eigenvalue weighted by molar-refractivity contribution is 6.07. The lowest BCUT2D eigenvalue weighted by Gasteiger charge is -2.13. The Balaban J connectivity index is 0.000000152. The molecule has 3 saturated carbocycles. The van der Waals surface area contributed by atoms with Gasteiger partial charge in [-0.1, -0.05) is 20.8 Å². The second kappa shape index (κ2) is 33.5.